The molecule has 0 aromatic heterocycles. The molecule has 0 aliphatic carbocycles. The Morgan fingerprint density at radius 1 is 1.27 bits per heavy atom. The first-order chi connectivity index (χ1) is 5.14. The SMILES string of the molecule is [CH2]CCN1CCC(F)(F)CC1. The zero-order chi connectivity index (χ0) is 8.32. The number of rotatable bonds is 2. The third-order valence-corrected chi connectivity index (χ3v) is 2.06. The molecule has 65 valence electrons. The lowest BCUT2D eigenvalue weighted by molar-refractivity contribution is -0.0547. The largest absolute Gasteiger partial charge is 0.303 e. The Labute approximate surface area is 66.4 Å². The van der Waals surface area contributed by atoms with Gasteiger partial charge in [-0.05, 0) is 13.0 Å². The highest BCUT2D eigenvalue weighted by atomic mass is 19.3. The summed E-state index contributed by atoms with van der Waals surface area (Å²) >= 11 is 0. The van der Waals surface area contributed by atoms with E-state index in [1.54, 1.807) is 0 Å². The molecular weight excluding hydrogens is 148 g/mol. The molecule has 0 unspecified atom stereocenters. The Bertz CT molecular complexity index is 115. The van der Waals surface area contributed by atoms with Gasteiger partial charge in [0.15, 0.2) is 0 Å². The smallest absolute Gasteiger partial charge is 0.250 e. The van der Waals surface area contributed by atoms with Gasteiger partial charge >= 0.3 is 0 Å². The average molecular weight is 162 g/mol. The van der Waals surface area contributed by atoms with Crippen LogP contribution in [0.3, 0.4) is 0 Å². The number of alkyl halides is 2. The van der Waals surface area contributed by atoms with Crippen molar-refractivity contribution in [3.8, 4) is 0 Å². The van der Waals surface area contributed by atoms with Crippen LogP contribution in [0.2, 0.25) is 0 Å². The van der Waals surface area contributed by atoms with E-state index in [9.17, 15) is 8.78 Å². The van der Waals surface area contributed by atoms with Crippen LogP contribution in [-0.4, -0.2) is 30.5 Å². The highest BCUT2D eigenvalue weighted by molar-refractivity contribution is 4.77. The highest BCUT2D eigenvalue weighted by Crippen LogP contribution is 2.27. The Balaban J connectivity index is 2.25. The standard InChI is InChI=1S/C8H14F2N/c1-2-5-11-6-3-8(9,10)4-7-11/h1-7H2. The summed E-state index contributed by atoms with van der Waals surface area (Å²) < 4.78 is 25.2. The Morgan fingerprint density at radius 3 is 2.27 bits per heavy atom. The number of nitrogens with zero attached hydrogens (tertiary/aromatic N) is 1. The van der Waals surface area contributed by atoms with Crippen LogP contribution in [0.1, 0.15) is 19.3 Å². The van der Waals surface area contributed by atoms with Crippen molar-refractivity contribution in [3.05, 3.63) is 6.92 Å². The molecule has 11 heavy (non-hydrogen) atoms. The van der Waals surface area contributed by atoms with E-state index in [4.69, 9.17) is 0 Å². The van der Waals surface area contributed by atoms with Crippen LogP contribution in [0, 0.1) is 6.92 Å². The molecule has 1 fully saturated rings. The maximum absolute atomic E-state index is 12.6. The first kappa shape index (κ1) is 8.91. The topological polar surface area (TPSA) is 3.24 Å². The minimum Gasteiger partial charge on any atom is -0.303 e. The molecule has 1 aliphatic heterocycles. The van der Waals surface area contributed by atoms with Gasteiger partial charge < -0.3 is 4.90 Å². The number of halogens is 2. The quantitative estimate of drug-likeness (QED) is 0.599. The molecule has 1 heterocycles. The summed E-state index contributed by atoms with van der Waals surface area (Å²) in [5.74, 6) is -2.41. The minimum absolute atomic E-state index is 0.0208. The lowest BCUT2D eigenvalue weighted by Crippen LogP contribution is -2.39. The second kappa shape index (κ2) is 3.48. The van der Waals surface area contributed by atoms with Crippen molar-refractivity contribution in [1.82, 2.24) is 4.90 Å². The summed E-state index contributed by atoms with van der Waals surface area (Å²) in [5, 5.41) is 0. The lowest BCUT2D eigenvalue weighted by atomic mass is 10.1. The average Bonchev–Trinajstić information content (AvgIpc) is 1.94. The van der Waals surface area contributed by atoms with Crippen LogP contribution in [0.5, 0.6) is 0 Å². The van der Waals surface area contributed by atoms with Gasteiger partial charge in [-0.25, -0.2) is 8.78 Å². The fourth-order valence-electron chi connectivity index (χ4n) is 1.33. The first-order valence-corrected chi connectivity index (χ1v) is 4.03. The molecule has 0 atom stereocenters. The molecular formula is C8H14F2N. The summed E-state index contributed by atoms with van der Waals surface area (Å²) in [6.07, 6.45) is 0.853. The maximum Gasteiger partial charge on any atom is 0.250 e. The molecule has 0 aromatic carbocycles. The highest BCUT2D eigenvalue weighted by Gasteiger charge is 2.33. The summed E-state index contributed by atoms with van der Waals surface area (Å²) in [6, 6.07) is 0. The van der Waals surface area contributed by atoms with E-state index in [-0.39, 0.29) is 12.8 Å². The minimum atomic E-state index is -2.41. The van der Waals surface area contributed by atoms with Crippen molar-refractivity contribution in [1.29, 1.82) is 0 Å². The van der Waals surface area contributed by atoms with Crippen LogP contribution >= 0.6 is 0 Å². The zero-order valence-electron chi connectivity index (χ0n) is 6.65. The Kier molecular flexibility index (Phi) is 2.82. The van der Waals surface area contributed by atoms with Gasteiger partial charge in [0.1, 0.15) is 0 Å². The summed E-state index contributed by atoms with van der Waals surface area (Å²) in [4.78, 5) is 2.05. The van der Waals surface area contributed by atoms with E-state index in [0.717, 1.165) is 13.0 Å². The molecule has 3 heteroatoms. The fourth-order valence-corrected chi connectivity index (χ4v) is 1.33. The van der Waals surface area contributed by atoms with Crippen LogP contribution in [0.4, 0.5) is 8.78 Å². The molecule has 1 aliphatic rings. The van der Waals surface area contributed by atoms with E-state index < -0.39 is 5.92 Å². The molecule has 1 rings (SSSR count). The summed E-state index contributed by atoms with van der Waals surface area (Å²) in [5.41, 5.74) is 0. The van der Waals surface area contributed by atoms with Crippen LogP contribution in [0.25, 0.3) is 0 Å². The third kappa shape index (κ3) is 2.73. The molecule has 1 saturated heterocycles. The lowest BCUT2D eigenvalue weighted by Gasteiger charge is -2.31. The van der Waals surface area contributed by atoms with E-state index >= 15 is 0 Å². The molecule has 0 spiro atoms. The van der Waals surface area contributed by atoms with Crippen molar-refractivity contribution < 1.29 is 8.78 Å². The number of piperidine rings is 1. The van der Waals surface area contributed by atoms with E-state index in [2.05, 4.69) is 6.92 Å². The van der Waals surface area contributed by atoms with Crippen molar-refractivity contribution in [3.63, 3.8) is 0 Å². The molecule has 0 N–H and O–H groups in total. The second-order valence-corrected chi connectivity index (χ2v) is 3.05. The number of hydrogen-bond donors (Lipinski definition) is 0. The molecule has 0 saturated carbocycles. The predicted molar refractivity (Wildman–Crippen MR) is 40.6 cm³/mol. The molecule has 0 bridgehead atoms. The van der Waals surface area contributed by atoms with Gasteiger partial charge in [0.25, 0.3) is 5.92 Å². The Morgan fingerprint density at radius 2 is 1.82 bits per heavy atom. The van der Waals surface area contributed by atoms with Gasteiger partial charge in [0, 0.05) is 25.9 Å². The van der Waals surface area contributed by atoms with Crippen LogP contribution < -0.4 is 0 Å². The van der Waals surface area contributed by atoms with Gasteiger partial charge in [-0.15, -0.1) is 0 Å². The molecule has 1 radical (unpaired) electrons. The Hall–Kier alpha value is -0.180. The van der Waals surface area contributed by atoms with Gasteiger partial charge in [-0.2, -0.15) is 0 Å². The molecule has 0 amide bonds. The van der Waals surface area contributed by atoms with E-state index in [1.807, 2.05) is 4.90 Å². The summed E-state index contributed by atoms with van der Waals surface area (Å²) in [6.45, 7) is 5.60. The summed E-state index contributed by atoms with van der Waals surface area (Å²) in [7, 11) is 0. The van der Waals surface area contributed by atoms with Crippen LogP contribution in [0.15, 0.2) is 0 Å². The van der Waals surface area contributed by atoms with Crippen molar-refractivity contribution in [2.75, 3.05) is 19.6 Å². The number of hydrogen-bond acceptors (Lipinski definition) is 1. The van der Waals surface area contributed by atoms with Crippen molar-refractivity contribution in [2.45, 2.75) is 25.2 Å². The van der Waals surface area contributed by atoms with Crippen LogP contribution in [-0.2, 0) is 0 Å². The second-order valence-electron chi connectivity index (χ2n) is 3.05. The zero-order valence-corrected chi connectivity index (χ0v) is 6.65. The first-order valence-electron chi connectivity index (χ1n) is 4.03. The van der Waals surface area contributed by atoms with E-state index in [1.165, 1.54) is 0 Å². The van der Waals surface area contributed by atoms with Gasteiger partial charge in [-0.3, -0.25) is 0 Å². The normalized spacial score (nSPS) is 25.4. The van der Waals surface area contributed by atoms with Gasteiger partial charge in [0.05, 0.1) is 0 Å². The predicted octanol–water partition coefficient (Wildman–Crippen LogP) is 1.94. The third-order valence-electron chi connectivity index (χ3n) is 2.06. The van der Waals surface area contributed by atoms with E-state index in [0.29, 0.717) is 13.1 Å². The van der Waals surface area contributed by atoms with Crippen molar-refractivity contribution in [2.24, 2.45) is 0 Å². The van der Waals surface area contributed by atoms with Gasteiger partial charge in [-0.1, -0.05) is 6.92 Å². The van der Waals surface area contributed by atoms with Gasteiger partial charge in [0.2, 0.25) is 0 Å². The fraction of sp³-hybridized carbons (Fsp3) is 0.875. The molecule has 1 nitrogen and oxygen atoms in total. The number of likely N-dealkylation sites (tertiary alicyclic amines) is 1. The monoisotopic (exact) mass is 162 g/mol. The maximum atomic E-state index is 12.6. The van der Waals surface area contributed by atoms with Crippen molar-refractivity contribution >= 4 is 0 Å². The molecule has 0 aromatic rings.